The van der Waals surface area contributed by atoms with Crippen LogP contribution in [0.3, 0.4) is 0 Å². The van der Waals surface area contributed by atoms with Gasteiger partial charge in [0, 0.05) is 16.5 Å². The monoisotopic (exact) mass is 177 g/mol. The minimum absolute atomic E-state index is 0.359. The first-order valence-electron chi connectivity index (χ1n) is 5.88. The molecule has 0 aliphatic heterocycles. The SMILES string of the molecule is [2H]C([2H])([2H])n1ncc2c(C(C)C)cccc21. The number of benzene rings is 1. The van der Waals surface area contributed by atoms with Crippen molar-refractivity contribution >= 4 is 10.9 Å². The van der Waals surface area contributed by atoms with Gasteiger partial charge in [0.15, 0.2) is 0 Å². The largest absolute Gasteiger partial charge is 0.268 e. The summed E-state index contributed by atoms with van der Waals surface area (Å²) in [5.41, 5.74) is 1.80. The molecule has 0 N–H and O–H groups in total. The van der Waals surface area contributed by atoms with Gasteiger partial charge >= 0.3 is 0 Å². The molecule has 0 atom stereocenters. The fourth-order valence-electron chi connectivity index (χ4n) is 1.58. The molecule has 0 radical (unpaired) electrons. The van der Waals surface area contributed by atoms with Crippen molar-refractivity contribution in [3.63, 3.8) is 0 Å². The molecule has 0 fully saturated rings. The Morgan fingerprint density at radius 1 is 1.46 bits per heavy atom. The molecular weight excluding hydrogens is 160 g/mol. The van der Waals surface area contributed by atoms with Crippen LogP contribution in [-0.2, 0) is 6.98 Å². The summed E-state index contributed by atoms with van der Waals surface area (Å²) >= 11 is 0. The van der Waals surface area contributed by atoms with Crippen molar-refractivity contribution in [1.82, 2.24) is 9.78 Å². The molecular formula is C11H14N2. The lowest BCUT2D eigenvalue weighted by molar-refractivity contribution is 0.797. The van der Waals surface area contributed by atoms with Crippen molar-refractivity contribution in [1.29, 1.82) is 0 Å². The third-order valence-corrected chi connectivity index (χ3v) is 2.27. The van der Waals surface area contributed by atoms with Gasteiger partial charge in [0.1, 0.15) is 0 Å². The minimum Gasteiger partial charge on any atom is -0.268 e. The van der Waals surface area contributed by atoms with Crippen LogP contribution in [0.5, 0.6) is 0 Å². The van der Waals surface area contributed by atoms with Gasteiger partial charge in [0.2, 0.25) is 0 Å². The van der Waals surface area contributed by atoms with E-state index < -0.39 is 6.98 Å². The number of aromatic nitrogens is 2. The van der Waals surface area contributed by atoms with E-state index in [9.17, 15) is 0 Å². The number of aryl methyl sites for hydroxylation is 1. The van der Waals surface area contributed by atoms with Crippen molar-refractivity contribution in [3.8, 4) is 0 Å². The lowest BCUT2D eigenvalue weighted by Gasteiger charge is -2.06. The topological polar surface area (TPSA) is 17.8 Å². The summed E-state index contributed by atoms with van der Waals surface area (Å²) in [6, 6.07) is 5.68. The van der Waals surface area contributed by atoms with Gasteiger partial charge < -0.3 is 0 Å². The number of nitrogens with zero attached hydrogens (tertiary/aromatic N) is 2. The van der Waals surface area contributed by atoms with Crippen LogP contribution in [0.15, 0.2) is 24.4 Å². The molecule has 1 aromatic carbocycles. The van der Waals surface area contributed by atoms with E-state index in [1.165, 1.54) is 0 Å². The Labute approximate surface area is 82.4 Å². The lowest BCUT2D eigenvalue weighted by Crippen LogP contribution is -1.90. The van der Waals surface area contributed by atoms with E-state index in [0.29, 0.717) is 11.4 Å². The number of hydrogen-bond donors (Lipinski definition) is 0. The smallest absolute Gasteiger partial charge is 0.0681 e. The second-order valence-electron chi connectivity index (χ2n) is 3.49. The van der Waals surface area contributed by atoms with Crippen molar-refractivity contribution in [2.45, 2.75) is 19.8 Å². The molecule has 68 valence electrons. The Bertz CT molecular complexity index is 511. The zero-order chi connectivity index (χ0) is 11.9. The lowest BCUT2D eigenvalue weighted by atomic mass is 10.00. The number of hydrogen-bond acceptors (Lipinski definition) is 1. The highest BCUT2D eigenvalue weighted by Gasteiger charge is 2.06. The maximum absolute atomic E-state index is 7.38. The second-order valence-corrected chi connectivity index (χ2v) is 3.49. The van der Waals surface area contributed by atoms with E-state index in [2.05, 4.69) is 18.9 Å². The van der Waals surface area contributed by atoms with Gasteiger partial charge in [0.05, 0.1) is 11.7 Å². The molecule has 2 nitrogen and oxygen atoms in total. The Balaban J connectivity index is 2.71. The highest BCUT2D eigenvalue weighted by Crippen LogP contribution is 2.24. The molecule has 13 heavy (non-hydrogen) atoms. The molecule has 0 saturated heterocycles. The first kappa shape index (κ1) is 5.43. The Morgan fingerprint density at radius 2 is 2.31 bits per heavy atom. The van der Waals surface area contributed by atoms with Crippen molar-refractivity contribution in [2.24, 2.45) is 6.98 Å². The zero-order valence-corrected chi connectivity index (χ0v) is 7.78. The Morgan fingerprint density at radius 3 is 3.00 bits per heavy atom. The van der Waals surface area contributed by atoms with Crippen LogP contribution in [0.4, 0.5) is 0 Å². The molecule has 0 aliphatic rings. The van der Waals surface area contributed by atoms with Crippen LogP contribution in [0.2, 0.25) is 0 Å². The van der Waals surface area contributed by atoms with E-state index in [4.69, 9.17) is 4.11 Å². The quantitative estimate of drug-likeness (QED) is 0.655. The summed E-state index contributed by atoms with van der Waals surface area (Å²) in [5, 5.41) is 4.89. The fraction of sp³-hybridized carbons (Fsp3) is 0.364. The van der Waals surface area contributed by atoms with Gasteiger partial charge in [-0.15, -0.1) is 0 Å². The fourth-order valence-corrected chi connectivity index (χ4v) is 1.58. The van der Waals surface area contributed by atoms with Crippen LogP contribution >= 0.6 is 0 Å². The van der Waals surface area contributed by atoms with Gasteiger partial charge in [-0.05, 0) is 17.5 Å². The molecule has 1 aromatic heterocycles. The minimum atomic E-state index is -2.21. The predicted molar refractivity (Wildman–Crippen MR) is 54.8 cm³/mol. The van der Waals surface area contributed by atoms with E-state index in [1.54, 1.807) is 12.3 Å². The molecule has 2 heteroatoms. The summed E-state index contributed by atoms with van der Waals surface area (Å²) < 4.78 is 23.3. The van der Waals surface area contributed by atoms with E-state index in [0.717, 1.165) is 15.6 Å². The van der Waals surface area contributed by atoms with Crippen LogP contribution in [0, 0.1) is 0 Å². The summed E-state index contributed by atoms with van der Waals surface area (Å²) in [4.78, 5) is 0. The summed E-state index contributed by atoms with van der Waals surface area (Å²) in [6.45, 7) is 1.96. The van der Waals surface area contributed by atoms with Gasteiger partial charge in [-0.3, -0.25) is 4.68 Å². The summed E-state index contributed by atoms with van der Waals surface area (Å²) in [5.74, 6) is 0.359. The molecule has 0 saturated carbocycles. The van der Waals surface area contributed by atoms with Gasteiger partial charge in [-0.2, -0.15) is 5.10 Å². The first-order valence-corrected chi connectivity index (χ1v) is 4.38. The van der Waals surface area contributed by atoms with E-state index in [-0.39, 0.29) is 0 Å². The van der Waals surface area contributed by atoms with Crippen molar-refractivity contribution < 1.29 is 4.11 Å². The van der Waals surface area contributed by atoms with E-state index >= 15 is 0 Å². The number of fused-ring (bicyclic) bond motifs is 1. The average Bonchev–Trinajstić information content (AvgIpc) is 2.59. The molecule has 0 aliphatic carbocycles. The maximum Gasteiger partial charge on any atom is 0.0681 e. The van der Waals surface area contributed by atoms with Crippen LogP contribution < -0.4 is 0 Å². The van der Waals surface area contributed by atoms with Crippen molar-refractivity contribution in [2.75, 3.05) is 0 Å². The Hall–Kier alpha value is -1.31. The summed E-state index contributed by atoms with van der Waals surface area (Å²) in [6.07, 6.45) is 1.64. The molecule has 0 bridgehead atoms. The van der Waals surface area contributed by atoms with Crippen LogP contribution in [-0.4, -0.2) is 9.78 Å². The van der Waals surface area contributed by atoms with Gasteiger partial charge in [0.25, 0.3) is 0 Å². The highest BCUT2D eigenvalue weighted by molar-refractivity contribution is 5.82. The van der Waals surface area contributed by atoms with Crippen molar-refractivity contribution in [3.05, 3.63) is 30.0 Å². The molecule has 2 rings (SSSR count). The maximum atomic E-state index is 7.38. The molecule has 2 aromatic rings. The average molecular weight is 177 g/mol. The predicted octanol–water partition coefficient (Wildman–Crippen LogP) is 2.70. The number of rotatable bonds is 1. The third kappa shape index (κ3) is 1.22. The first-order chi connectivity index (χ1) is 7.41. The zero-order valence-electron chi connectivity index (χ0n) is 10.8. The normalized spacial score (nSPS) is 15.8. The molecule has 0 amide bonds. The molecule has 0 unspecified atom stereocenters. The second kappa shape index (κ2) is 2.87. The van der Waals surface area contributed by atoms with Gasteiger partial charge in [-0.25, -0.2) is 0 Å². The molecule has 0 spiro atoms. The standard InChI is InChI=1S/C11H14N2/c1-8(2)9-5-4-6-11-10(9)7-12-13(11)3/h4-8H,1-3H3/i3D3. The van der Waals surface area contributed by atoms with Gasteiger partial charge in [-0.1, -0.05) is 26.0 Å². The Kier molecular flexibility index (Phi) is 1.20. The van der Waals surface area contributed by atoms with Crippen LogP contribution in [0.25, 0.3) is 10.9 Å². The van der Waals surface area contributed by atoms with Crippen LogP contribution in [0.1, 0.15) is 29.4 Å². The van der Waals surface area contributed by atoms with E-state index in [1.807, 2.05) is 12.1 Å². The third-order valence-electron chi connectivity index (χ3n) is 2.27. The summed E-state index contributed by atoms with van der Waals surface area (Å²) in [7, 11) is 0. The molecule has 1 heterocycles. The highest BCUT2D eigenvalue weighted by atomic mass is 15.2.